The van der Waals surface area contributed by atoms with Crippen LogP contribution in [-0.2, 0) is 5.75 Å². The minimum Gasteiger partial charge on any atom is -0.310 e. The molecule has 2 aromatic carbocycles. The molecule has 0 fully saturated rings. The zero-order valence-electron chi connectivity index (χ0n) is 12.6. The van der Waals surface area contributed by atoms with Crippen LogP contribution >= 0.6 is 27.7 Å². The van der Waals surface area contributed by atoms with Crippen molar-refractivity contribution in [1.82, 2.24) is 5.32 Å². The quantitative estimate of drug-likeness (QED) is 0.623. The lowest BCUT2D eigenvalue weighted by molar-refractivity contribution is 0.570. The summed E-state index contributed by atoms with van der Waals surface area (Å²) in [5.41, 5.74) is 2.71. The third-order valence-electron chi connectivity index (χ3n) is 3.40. The maximum absolute atomic E-state index is 3.52. The third-order valence-corrected chi connectivity index (χ3v) is 5.01. The van der Waals surface area contributed by atoms with Crippen LogP contribution in [-0.4, -0.2) is 6.54 Å². The Hall–Kier alpha value is -0.770. The van der Waals surface area contributed by atoms with E-state index in [4.69, 9.17) is 0 Å². The minimum atomic E-state index is 0.426. The van der Waals surface area contributed by atoms with E-state index in [0.29, 0.717) is 6.04 Å². The predicted octanol–water partition coefficient (Wildman–Crippen LogP) is 5.80. The van der Waals surface area contributed by atoms with Gasteiger partial charge in [0.05, 0.1) is 0 Å². The molecule has 1 unspecified atom stereocenters. The third kappa shape index (κ3) is 5.50. The number of hydrogen-bond donors (Lipinski definition) is 1. The second-order valence-corrected chi connectivity index (χ2v) is 7.12. The molecule has 0 bridgehead atoms. The molecule has 3 heteroatoms. The molecule has 0 saturated carbocycles. The molecule has 0 amide bonds. The molecule has 0 aliphatic heterocycles. The standard InChI is InChI=1S/C18H22BrNS/c1-3-12-20-14(2)16-6-10-18(11-7-16)21-13-15-4-8-17(19)9-5-15/h4-11,14,20H,3,12-13H2,1-2H3. The Labute approximate surface area is 140 Å². The van der Waals surface area contributed by atoms with Crippen LogP contribution in [0.4, 0.5) is 0 Å². The van der Waals surface area contributed by atoms with Gasteiger partial charge in [-0.1, -0.05) is 47.1 Å². The lowest BCUT2D eigenvalue weighted by Gasteiger charge is -2.14. The van der Waals surface area contributed by atoms with Gasteiger partial charge in [-0.25, -0.2) is 0 Å². The van der Waals surface area contributed by atoms with Gasteiger partial charge in [-0.15, -0.1) is 11.8 Å². The first-order chi connectivity index (χ1) is 10.2. The van der Waals surface area contributed by atoms with Gasteiger partial charge < -0.3 is 5.32 Å². The summed E-state index contributed by atoms with van der Waals surface area (Å²) < 4.78 is 1.13. The summed E-state index contributed by atoms with van der Waals surface area (Å²) in [4.78, 5) is 1.32. The molecule has 0 heterocycles. The van der Waals surface area contributed by atoms with E-state index in [1.807, 2.05) is 11.8 Å². The maximum Gasteiger partial charge on any atom is 0.0291 e. The zero-order valence-corrected chi connectivity index (χ0v) is 15.0. The average Bonchev–Trinajstić information content (AvgIpc) is 2.52. The van der Waals surface area contributed by atoms with E-state index in [2.05, 4.69) is 83.6 Å². The van der Waals surface area contributed by atoms with Gasteiger partial charge in [0, 0.05) is 21.2 Å². The van der Waals surface area contributed by atoms with Crippen molar-refractivity contribution in [1.29, 1.82) is 0 Å². The van der Waals surface area contributed by atoms with Crippen molar-refractivity contribution in [3.05, 3.63) is 64.1 Å². The highest BCUT2D eigenvalue weighted by atomic mass is 79.9. The van der Waals surface area contributed by atoms with Crippen LogP contribution in [0.3, 0.4) is 0 Å². The van der Waals surface area contributed by atoms with Crippen molar-refractivity contribution in [2.45, 2.75) is 37.0 Å². The molecule has 1 N–H and O–H groups in total. The highest BCUT2D eigenvalue weighted by Gasteiger charge is 2.04. The molecule has 21 heavy (non-hydrogen) atoms. The molecule has 0 aliphatic rings. The Morgan fingerprint density at radius 2 is 1.71 bits per heavy atom. The Morgan fingerprint density at radius 3 is 2.33 bits per heavy atom. The highest BCUT2D eigenvalue weighted by Crippen LogP contribution is 2.25. The first-order valence-electron chi connectivity index (χ1n) is 7.39. The van der Waals surface area contributed by atoms with Gasteiger partial charge in [0.15, 0.2) is 0 Å². The molecule has 0 saturated heterocycles. The van der Waals surface area contributed by atoms with E-state index < -0.39 is 0 Å². The summed E-state index contributed by atoms with van der Waals surface area (Å²) >= 11 is 5.35. The minimum absolute atomic E-state index is 0.426. The first kappa shape index (κ1) is 16.6. The second-order valence-electron chi connectivity index (χ2n) is 5.16. The Bertz CT molecular complexity index is 536. The van der Waals surface area contributed by atoms with E-state index in [9.17, 15) is 0 Å². The zero-order chi connectivity index (χ0) is 15.1. The van der Waals surface area contributed by atoms with Gasteiger partial charge in [0.1, 0.15) is 0 Å². The summed E-state index contributed by atoms with van der Waals surface area (Å²) in [6.45, 7) is 5.49. The Balaban J connectivity index is 1.88. The van der Waals surface area contributed by atoms with Gasteiger partial charge in [0.25, 0.3) is 0 Å². The van der Waals surface area contributed by atoms with Crippen LogP contribution in [0.2, 0.25) is 0 Å². The van der Waals surface area contributed by atoms with E-state index in [-0.39, 0.29) is 0 Å². The molecule has 1 nitrogen and oxygen atoms in total. The molecule has 2 aromatic rings. The van der Waals surface area contributed by atoms with Crippen molar-refractivity contribution >= 4 is 27.7 Å². The van der Waals surface area contributed by atoms with E-state index in [0.717, 1.165) is 16.8 Å². The topological polar surface area (TPSA) is 12.0 Å². The van der Waals surface area contributed by atoms with Crippen molar-refractivity contribution < 1.29 is 0 Å². The smallest absolute Gasteiger partial charge is 0.0291 e. The molecule has 0 spiro atoms. The van der Waals surface area contributed by atoms with E-state index in [1.165, 1.54) is 22.4 Å². The normalized spacial score (nSPS) is 12.3. The molecule has 0 aliphatic carbocycles. The summed E-state index contributed by atoms with van der Waals surface area (Å²) in [6, 6.07) is 17.9. The number of rotatable bonds is 7. The molecular formula is C18H22BrNS. The van der Waals surface area contributed by atoms with Gasteiger partial charge in [-0.05, 0) is 55.3 Å². The van der Waals surface area contributed by atoms with Gasteiger partial charge in [-0.3, -0.25) is 0 Å². The van der Waals surface area contributed by atoms with E-state index in [1.54, 1.807) is 0 Å². The van der Waals surface area contributed by atoms with Crippen LogP contribution in [0.1, 0.15) is 37.4 Å². The number of hydrogen-bond acceptors (Lipinski definition) is 2. The summed E-state index contributed by atoms with van der Waals surface area (Å²) in [5.74, 6) is 1.01. The average molecular weight is 364 g/mol. The molecule has 1 atom stereocenters. The molecule has 112 valence electrons. The number of nitrogens with one attached hydrogen (secondary N) is 1. The molecular weight excluding hydrogens is 342 g/mol. The fraction of sp³-hybridized carbons (Fsp3) is 0.333. The Morgan fingerprint density at radius 1 is 1.05 bits per heavy atom. The maximum atomic E-state index is 3.52. The summed E-state index contributed by atoms with van der Waals surface area (Å²) in [6.07, 6.45) is 1.17. The molecule has 0 aromatic heterocycles. The number of thioether (sulfide) groups is 1. The SMILES string of the molecule is CCCNC(C)c1ccc(SCc2ccc(Br)cc2)cc1. The summed E-state index contributed by atoms with van der Waals surface area (Å²) in [7, 11) is 0. The highest BCUT2D eigenvalue weighted by molar-refractivity contribution is 9.10. The van der Waals surface area contributed by atoms with Gasteiger partial charge in [0.2, 0.25) is 0 Å². The Kier molecular flexibility index (Phi) is 6.81. The van der Waals surface area contributed by atoms with Gasteiger partial charge in [-0.2, -0.15) is 0 Å². The van der Waals surface area contributed by atoms with Gasteiger partial charge >= 0.3 is 0 Å². The lowest BCUT2D eigenvalue weighted by atomic mass is 10.1. The largest absolute Gasteiger partial charge is 0.310 e. The molecule has 2 rings (SSSR count). The predicted molar refractivity (Wildman–Crippen MR) is 96.9 cm³/mol. The fourth-order valence-electron chi connectivity index (χ4n) is 2.08. The summed E-state index contributed by atoms with van der Waals surface area (Å²) in [5, 5.41) is 3.52. The van der Waals surface area contributed by atoms with Crippen LogP contribution in [0.15, 0.2) is 57.9 Å². The van der Waals surface area contributed by atoms with E-state index >= 15 is 0 Å². The van der Waals surface area contributed by atoms with Crippen LogP contribution < -0.4 is 5.32 Å². The number of halogens is 1. The van der Waals surface area contributed by atoms with Crippen molar-refractivity contribution in [3.63, 3.8) is 0 Å². The van der Waals surface area contributed by atoms with Crippen molar-refractivity contribution in [2.75, 3.05) is 6.54 Å². The monoisotopic (exact) mass is 363 g/mol. The van der Waals surface area contributed by atoms with Crippen molar-refractivity contribution in [3.8, 4) is 0 Å². The van der Waals surface area contributed by atoms with Crippen LogP contribution in [0.5, 0.6) is 0 Å². The lowest BCUT2D eigenvalue weighted by Crippen LogP contribution is -2.19. The van der Waals surface area contributed by atoms with Crippen molar-refractivity contribution in [2.24, 2.45) is 0 Å². The van der Waals surface area contributed by atoms with Crippen LogP contribution in [0.25, 0.3) is 0 Å². The number of benzene rings is 2. The first-order valence-corrected chi connectivity index (χ1v) is 9.17. The fourth-order valence-corrected chi connectivity index (χ4v) is 3.20. The second kappa shape index (κ2) is 8.62. The molecule has 0 radical (unpaired) electrons. The van der Waals surface area contributed by atoms with Crippen LogP contribution in [0, 0.1) is 0 Å².